The summed E-state index contributed by atoms with van der Waals surface area (Å²) in [4.78, 5) is 19.5. The number of rotatable bonds is 7. The van der Waals surface area contributed by atoms with Gasteiger partial charge < -0.3 is 14.5 Å². The molecule has 0 saturated carbocycles. The molecule has 2 aliphatic heterocycles. The highest BCUT2D eigenvalue weighted by Crippen LogP contribution is 2.30. The normalized spacial score (nSPS) is 18.0. The Labute approximate surface area is 189 Å². The van der Waals surface area contributed by atoms with Crippen molar-refractivity contribution in [2.45, 2.75) is 45.5 Å². The third kappa shape index (κ3) is 5.75. The number of nitrogens with zero attached hydrogens (tertiary/aromatic N) is 4. The summed E-state index contributed by atoms with van der Waals surface area (Å²) in [7, 11) is 2.11. The first-order valence-electron chi connectivity index (χ1n) is 11.2. The quantitative estimate of drug-likeness (QED) is 0.709. The average molecular weight is 442 g/mol. The second kappa shape index (κ2) is 9.83. The van der Waals surface area contributed by atoms with E-state index in [9.17, 15) is 4.39 Å². The number of guanidine groups is 1. The van der Waals surface area contributed by atoms with Gasteiger partial charge >= 0.3 is 0 Å². The fraction of sp³-hybridized carbons (Fsp3) is 0.500. The van der Waals surface area contributed by atoms with Crippen LogP contribution in [-0.2, 0) is 17.9 Å². The van der Waals surface area contributed by atoms with Crippen molar-refractivity contribution in [3.8, 4) is 5.75 Å². The van der Waals surface area contributed by atoms with Crippen molar-refractivity contribution in [2.24, 2.45) is 10.9 Å². The molecule has 0 unspecified atom stereocenters. The Hall–Kier alpha value is -2.71. The van der Waals surface area contributed by atoms with E-state index >= 15 is 0 Å². The van der Waals surface area contributed by atoms with Crippen LogP contribution in [0.25, 0.3) is 0 Å². The molecular weight excluding hydrogens is 409 g/mol. The molecule has 2 aromatic rings. The Morgan fingerprint density at radius 2 is 1.91 bits per heavy atom. The number of aliphatic imine (C=N–C) groups is 1. The van der Waals surface area contributed by atoms with Crippen LogP contribution in [-0.4, -0.2) is 53.2 Å². The largest absolute Gasteiger partial charge is 0.493 e. The number of nitrogens with one attached hydrogen (secondary N) is 1. The maximum absolute atomic E-state index is 13.3. The third-order valence-electron chi connectivity index (χ3n) is 5.73. The molecule has 0 amide bonds. The first-order valence-corrected chi connectivity index (χ1v) is 11.2. The number of hydrogen-bond donors (Lipinski definition) is 1. The van der Waals surface area contributed by atoms with Gasteiger partial charge in [-0.15, -0.1) is 0 Å². The van der Waals surface area contributed by atoms with Gasteiger partial charge in [-0.1, -0.05) is 26.0 Å². The highest BCUT2D eigenvalue weighted by Gasteiger charge is 2.40. The van der Waals surface area contributed by atoms with Gasteiger partial charge in [-0.25, -0.2) is 19.7 Å². The van der Waals surface area contributed by atoms with Crippen molar-refractivity contribution in [3.63, 3.8) is 0 Å². The molecule has 0 radical (unpaired) electrons. The minimum absolute atomic E-state index is 0.345. The van der Waals surface area contributed by atoms with Gasteiger partial charge in [-0.2, -0.15) is 0 Å². The number of benzene rings is 1. The van der Waals surface area contributed by atoms with Crippen molar-refractivity contribution in [2.75, 3.05) is 26.7 Å². The van der Waals surface area contributed by atoms with Crippen LogP contribution >= 0.6 is 0 Å². The number of hydroxylamine groups is 1. The average Bonchev–Trinajstić information content (AvgIpc) is 3.20. The number of aromatic nitrogens is 1. The van der Waals surface area contributed by atoms with Gasteiger partial charge in [0.2, 0.25) is 5.96 Å². The number of likely N-dealkylation sites (tertiary alicyclic amines) is 1. The number of halogens is 1. The molecule has 1 N–H and O–H groups in total. The standard InChI is InChI=1S/C24H32FN5O2/c1-18(2)17-31-22-8-4-19(5-9-22)15-30(16-21-7-6-20(25)14-26-21)23-27-24(32-28-23)10-12-29(3)13-11-24/h4-9,14,18H,10-13,15-17H2,1-3H3,(H,27,28). The molecular formula is C24H32FN5O2. The van der Waals surface area contributed by atoms with Gasteiger partial charge in [0, 0.05) is 32.5 Å². The summed E-state index contributed by atoms with van der Waals surface area (Å²) in [6, 6.07) is 11.2. The van der Waals surface area contributed by atoms with Gasteiger partial charge in [-0.05, 0) is 42.8 Å². The van der Waals surface area contributed by atoms with Gasteiger partial charge in [-0.3, -0.25) is 4.98 Å². The smallest absolute Gasteiger partial charge is 0.222 e. The maximum atomic E-state index is 13.3. The lowest BCUT2D eigenvalue weighted by atomic mass is 10.0. The molecule has 1 aromatic carbocycles. The Bertz CT molecular complexity index is 909. The minimum atomic E-state index is -0.523. The van der Waals surface area contributed by atoms with Crippen LogP contribution in [0.15, 0.2) is 47.6 Å². The first kappa shape index (κ1) is 22.5. The molecule has 0 bridgehead atoms. The zero-order valence-corrected chi connectivity index (χ0v) is 19.1. The molecule has 3 heterocycles. The number of piperidine rings is 1. The fourth-order valence-electron chi connectivity index (χ4n) is 3.77. The SMILES string of the molecule is CC(C)COc1ccc(CN(Cc2ccc(F)cn2)C2=NC3(CCN(C)CC3)ON2)cc1. The summed E-state index contributed by atoms with van der Waals surface area (Å²) in [5.41, 5.74) is 4.41. The monoisotopic (exact) mass is 441 g/mol. The lowest BCUT2D eigenvalue weighted by molar-refractivity contribution is -0.0875. The zero-order valence-electron chi connectivity index (χ0n) is 19.1. The number of pyridine rings is 1. The van der Waals surface area contributed by atoms with E-state index in [1.165, 1.54) is 12.3 Å². The van der Waals surface area contributed by atoms with Crippen LogP contribution in [0.4, 0.5) is 4.39 Å². The second-order valence-electron chi connectivity index (χ2n) is 9.06. The van der Waals surface area contributed by atoms with Gasteiger partial charge in [0.05, 0.1) is 25.0 Å². The molecule has 4 rings (SSSR count). The molecule has 0 atom stereocenters. The topological polar surface area (TPSA) is 62.2 Å². The summed E-state index contributed by atoms with van der Waals surface area (Å²) in [5, 5.41) is 0. The molecule has 172 valence electrons. The summed E-state index contributed by atoms with van der Waals surface area (Å²) in [6.45, 7) is 7.92. The molecule has 1 spiro atoms. The van der Waals surface area contributed by atoms with E-state index in [1.54, 1.807) is 6.07 Å². The molecule has 0 aliphatic carbocycles. The summed E-state index contributed by atoms with van der Waals surface area (Å²) in [6.07, 6.45) is 2.92. The van der Waals surface area contributed by atoms with Crippen molar-refractivity contribution in [3.05, 3.63) is 59.7 Å². The second-order valence-corrected chi connectivity index (χ2v) is 9.06. The number of ether oxygens (including phenoxy) is 1. The van der Waals surface area contributed by atoms with Crippen molar-refractivity contribution in [1.29, 1.82) is 0 Å². The van der Waals surface area contributed by atoms with Crippen molar-refractivity contribution >= 4 is 5.96 Å². The van der Waals surface area contributed by atoms with E-state index < -0.39 is 5.72 Å². The van der Waals surface area contributed by atoms with Crippen LogP contribution in [0.2, 0.25) is 0 Å². The molecule has 8 heteroatoms. The third-order valence-corrected chi connectivity index (χ3v) is 5.73. The Morgan fingerprint density at radius 1 is 1.16 bits per heavy atom. The molecule has 32 heavy (non-hydrogen) atoms. The van der Waals surface area contributed by atoms with Crippen molar-refractivity contribution in [1.82, 2.24) is 20.3 Å². The molecule has 1 aromatic heterocycles. The Balaban J connectivity index is 1.51. The number of hydrogen-bond acceptors (Lipinski definition) is 7. The Morgan fingerprint density at radius 3 is 2.56 bits per heavy atom. The van der Waals surface area contributed by atoms with Gasteiger partial charge in [0.1, 0.15) is 11.6 Å². The van der Waals surface area contributed by atoms with Crippen molar-refractivity contribution < 1.29 is 14.0 Å². The van der Waals surface area contributed by atoms with Crippen LogP contribution in [0.5, 0.6) is 5.75 Å². The van der Waals surface area contributed by atoms with E-state index in [1.807, 2.05) is 12.1 Å². The predicted molar refractivity (Wildman–Crippen MR) is 121 cm³/mol. The van der Waals surface area contributed by atoms with Crippen LogP contribution < -0.4 is 10.2 Å². The molecule has 1 fully saturated rings. The summed E-state index contributed by atoms with van der Waals surface area (Å²) >= 11 is 0. The van der Waals surface area contributed by atoms with Gasteiger partial charge in [0.25, 0.3) is 0 Å². The Kier molecular flexibility index (Phi) is 6.91. The summed E-state index contributed by atoms with van der Waals surface area (Å²) in [5.74, 6) is 1.67. The van der Waals surface area contributed by atoms with E-state index in [2.05, 4.69) is 53.3 Å². The fourth-order valence-corrected chi connectivity index (χ4v) is 3.77. The molecule has 1 saturated heterocycles. The molecule has 2 aliphatic rings. The van der Waals surface area contributed by atoms with E-state index in [4.69, 9.17) is 14.6 Å². The molecule has 7 nitrogen and oxygen atoms in total. The zero-order chi connectivity index (χ0) is 22.6. The lowest BCUT2D eigenvalue weighted by Crippen LogP contribution is -2.43. The van der Waals surface area contributed by atoms with Crippen LogP contribution in [0.1, 0.15) is 37.9 Å². The van der Waals surface area contributed by atoms with E-state index in [0.717, 1.165) is 42.9 Å². The van der Waals surface area contributed by atoms with E-state index in [-0.39, 0.29) is 5.82 Å². The van der Waals surface area contributed by atoms with Crippen LogP contribution in [0.3, 0.4) is 0 Å². The minimum Gasteiger partial charge on any atom is -0.493 e. The lowest BCUT2D eigenvalue weighted by Gasteiger charge is -2.33. The summed E-state index contributed by atoms with van der Waals surface area (Å²) < 4.78 is 19.1. The maximum Gasteiger partial charge on any atom is 0.222 e. The highest BCUT2D eigenvalue weighted by molar-refractivity contribution is 5.80. The highest BCUT2D eigenvalue weighted by atomic mass is 19.1. The van der Waals surface area contributed by atoms with E-state index in [0.29, 0.717) is 31.6 Å². The van der Waals surface area contributed by atoms with Crippen LogP contribution in [0, 0.1) is 11.7 Å². The van der Waals surface area contributed by atoms with Gasteiger partial charge in [0.15, 0.2) is 5.72 Å². The first-order chi connectivity index (χ1) is 15.4. The predicted octanol–water partition coefficient (Wildman–Crippen LogP) is 3.57.